The number of nitrogens with zero attached hydrogens (tertiary/aromatic N) is 2. The average molecular weight is 361 g/mol. The van der Waals surface area contributed by atoms with Crippen LogP contribution < -0.4 is 4.90 Å². The number of hydrogen-bond donors (Lipinski definition) is 0. The van der Waals surface area contributed by atoms with Gasteiger partial charge in [-0.25, -0.2) is 4.79 Å². The highest BCUT2D eigenvalue weighted by Gasteiger charge is 2.62. The molecule has 0 spiro atoms. The van der Waals surface area contributed by atoms with Crippen molar-refractivity contribution in [1.82, 2.24) is 4.90 Å². The molecule has 0 aromatic heterocycles. The minimum atomic E-state index is -0.425. The summed E-state index contributed by atoms with van der Waals surface area (Å²) in [5.41, 5.74) is 2.47. The summed E-state index contributed by atoms with van der Waals surface area (Å²) >= 11 is 2.04. The van der Waals surface area contributed by atoms with Crippen LogP contribution in [0.4, 0.5) is 10.5 Å². The number of ether oxygens (including phenoxy) is 1. The third-order valence-electron chi connectivity index (χ3n) is 5.62. The Morgan fingerprint density at radius 2 is 1.88 bits per heavy atom. The number of likely N-dealkylation sites (tertiary alicyclic amines) is 1. The first-order chi connectivity index (χ1) is 11.9. The van der Waals surface area contributed by atoms with Gasteiger partial charge in [-0.2, -0.15) is 11.8 Å². The van der Waals surface area contributed by atoms with Gasteiger partial charge in [-0.15, -0.1) is 0 Å². The van der Waals surface area contributed by atoms with Crippen molar-refractivity contribution in [3.63, 3.8) is 0 Å². The lowest BCUT2D eigenvalue weighted by Gasteiger charge is -2.29. The number of carbonyl (C=O) groups excluding carboxylic acids is 1. The van der Waals surface area contributed by atoms with E-state index in [4.69, 9.17) is 4.74 Å². The average Bonchev–Trinajstić information content (AvgIpc) is 3.16. The van der Waals surface area contributed by atoms with E-state index in [2.05, 4.69) is 29.2 Å². The monoisotopic (exact) mass is 360 g/mol. The molecule has 2 unspecified atom stereocenters. The largest absolute Gasteiger partial charge is 0.444 e. The number of amides is 1. The fourth-order valence-corrected chi connectivity index (χ4v) is 5.12. The summed E-state index contributed by atoms with van der Waals surface area (Å²) in [6, 6.07) is 9.11. The van der Waals surface area contributed by atoms with Gasteiger partial charge in [-0.05, 0) is 50.8 Å². The summed E-state index contributed by atoms with van der Waals surface area (Å²) in [5.74, 6) is 3.04. The number of hydrogen-bond acceptors (Lipinski definition) is 4. The van der Waals surface area contributed by atoms with Crippen LogP contribution in [-0.4, -0.2) is 54.3 Å². The maximum Gasteiger partial charge on any atom is 0.410 e. The van der Waals surface area contributed by atoms with Crippen LogP contribution in [0, 0.1) is 5.92 Å². The molecule has 136 valence electrons. The molecule has 4 rings (SSSR count). The number of rotatable bonds is 2. The number of fused-ring (bicyclic) bond motifs is 1. The van der Waals surface area contributed by atoms with Crippen LogP contribution in [-0.2, 0) is 10.2 Å². The minimum Gasteiger partial charge on any atom is -0.444 e. The Balaban J connectivity index is 1.43. The van der Waals surface area contributed by atoms with Gasteiger partial charge in [0.15, 0.2) is 0 Å². The minimum absolute atomic E-state index is 0.165. The summed E-state index contributed by atoms with van der Waals surface area (Å²) in [5, 5.41) is 0. The van der Waals surface area contributed by atoms with Crippen molar-refractivity contribution in [1.29, 1.82) is 0 Å². The van der Waals surface area contributed by atoms with Crippen molar-refractivity contribution in [2.75, 3.05) is 42.6 Å². The second-order valence-corrected chi connectivity index (χ2v) is 9.79. The molecule has 1 amide bonds. The first-order valence-electron chi connectivity index (χ1n) is 9.29. The summed E-state index contributed by atoms with van der Waals surface area (Å²) in [4.78, 5) is 16.7. The van der Waals surface area contributed by atoms with E-state index in [1.54, 1.807) is 0 Å². The standard InChI is InChI=1S/C20H28N2O2S/c1-19(2,3)24-18(23)22-13-16-12-20(16,14-22)15-4-6-17(7-5-15)21-8-10-25-11-9-21/h4-7,16H,8-14H2,1-3H3. The summed E-state index contributed by atoms with van der Waals surface area (Å²) < 4.78 is 5.55. The van der Waals surface area contributed by atoms with E-state index in [0.29, 0.717) is 5.92 Å². The molecule has 0 radical (unpaired) electrons. The fourth-order valence-electron chi connectivity index (χ4n) is 4.22. The molecule has 2 aliphatic heterocycles. The molecule has 2 atom stereocenters. The lowest BCUT2D eigenvalue weighted by atomic mass is 9.95. The highest BCUT2D eigenvalue weighted by Crippen LogP contribution is 2.59. The zero-order chi connectivity index (χ0) is 17.7. The van der Waals surface area contributed by atoms with Crippen LogP contribution in [0.2, 0.25) is 0 Å². The maximum absolute atomic E-state index is 12.4. The van der Waals surface area contributed by atoms with E-state index >= 15 is 0 Å². The maximum atomic E-state index is 12.4. The normalized spacial score (nSPS) is 28.7. The van der Waals surface area contributed by atoms with Crippen LogP contribution >= 0.6 is 11.8 Å². The molecule has 4 nitrogen and oxygen atoms in total. The highest BCUT2D eigenvalue weighted by atomic mass is 32.2. The van der Waals surface area contributed by atoms with Crippen molar-refractivity contribution in [2.24, 2.45) is 5.92 Å². The van der Waals surface area contributed by atoms with Gasteiger partial charge in [0.2, 0.25) is 0 Å². The Bertz CT molecular complexity index is 649. The van der Waals surface area contributed by atoms with Gasteiger partial charge in [0.1, 0.15) is 5.60 Å². The van der Waals surface area contributed by atoms with Gasteiger partial charge in [-0.1, -0.05) is 12.1 Å². The summed E-state index contributed by atoms with van der Waals surface area (Å²) in [6.45, 7) is 9.70. The smallest absolute Gasteiger partial charge is 0.410 e. The molecule has 1 saturated carbocycles. The molecule has 3 aliphatic rings. The Hall–Kier alpha value is -1.36. The SMILES string of the molecule is CC(C)(C)OC(=O)N1CC2CC2(c2ccc(N3CCSCC3)cc2)C1. The molecule has 2 heterocycles. The predicted octanol–water partition coefficient (Wildman–Crippen LogP) is 3.75. The van der Waals surface area contributed by atoms with E-state index in [-0.39, 0.29) is 11.5 Å². The third kappa shape index (κ3) is 3.35. The molecule has 5 heteroatoms. The van der Waals surface area contributed by atoms with Crippen LogP contribution in [0.5, 0.6) is 0 Å². The third-order valence-corrected chi connectivity index (χ3v) is 6.56. The van der Waals surface area contributed by atoms with E-state index in [1.807, 2.05) is 37.4 Å². The molecular weight excluding hydrogens is 332 g/mol. The van der Waals surface area contributed by atoms with E-state index in [1.165, 1.54) is 29.2 Å². The van der Waals surface area contributed by atoms with Crippen molar-refractivity contribution in [3.8, 4) is 0 Å². The Labute approximate surface area is 154 Å². The highest BCUT2D eigenvalue weighted by molar-refractivity contribution is 7.99. The van der Waals surface area contributed by atoms with E-state index in [9.17, 15) is 4.79 Å². The zero-order valence-corrected chi connectivity index (χ0v) is 16.3. The lowest BCUT2D eigenvalue weighted by Crippen LogP contribution is -2.37. The molecule has 1 aromatic carbocycles. The first kappa shape index (κ1) is 17.1. The predicted molar refractivity (Wildman–Crippen MR) is 104 cm³/mol. The summed E-state index contributed by atoms with van der Waals surface area (Å²) in [6.07, 6.45) is 1.04. The second-order valence-electron chi connectivity index (χ2n) is 8.56. The number of thioether (sulfide) groups is 1. The van der Waals surface area contributed by atoms with Crippen molar-refractivity contribution in [3.05, 3.63) is 29.8 Å². The van der Waals surface area contributed by atoms with Gasteiger partial charge in [-0.3, -0.25) is 0 Å². The fraction of sp³-hybridized carbons (Fsp3) is 0.650. The quantitative estimate of drug-likeness (QED) is 0.804. The van der Waals surface area contributed by atoms with Crippen LogP contribution in [0.25, 0.3) is 0 Å². The van der Waals surface area contributed by atoms with Crippen molar-refractivity contribution >= 4 is 23.5 Å². The molecule has 0 bridgehead atoms. The number of carbonyl (C=O) groups is 1. The van der Waals surface area contributed by atoms with Gasteiger partial charge < -0.3 is 14.5 Å². The van der Waals surface area contributed by atoms with Gasteiger partial charge in [0, 0.05) is 48.8 Å². The van der Waals surface area contributed by atoms with Crippen LogP contribution in [0.3, 0.4) is 0 Å². The molecule has 1 aliphatic carbocycles. The second kappa shape index (κ2) is 6.11. The molecular formula is C20H28N2O2S. The number of anilines is 1. The Morgan fingerprint density at radius 1 is 1.20 bits per heavy atom. The Morgan fingerprint density at radius 3 is 2.52 bits per heavy atom. The van der Waals surface area contributed by atoms with Crippen molar-refractivity contribution < 1.29 is 9.53 Å². The van der Waals surface area contributed by atoms with Crippen LogP contribution in [0.1, 0.15) is 32.8 Å². The molecule has 2 saturated heterocycles. The lowest BCUT2D eigenvalue weighted by molar-refractivity contribution is 0.0270. The number of benzene rings is 1. The van der Waals surface area contributed by atoms with E-state index in [0.717, 1.165) is 26.2 Å². The van der Waals surface area contributed by atoms with E-state index < -0.39 is 5.60 Å². The topological polar surface area (TPSA) is 32.8 Å². The zero-order valence-electron chi connectivity index (χ0n) is 15.5. The van der Waals surface area contributed by atoms with Gasteiger partial charge in [0.05, 0.1) is 0 Å². The molecule has 1 aromatic rings. The first-order valence-corrected chi connectivity index (χ1v) is 10.4. The molecule has 3 fully saturated rings. The number of piperidine rings is 1. The van der Waals surface area contributed by atoms with Crippen molar-refractivity contribution in [2.45, 2.75) is 38.2 Å². The molecule has 0 N–H and O–H groups in total. The van der Waals surface area contributed by atoms with Gasteiger partial charge in [0.25, 0.3) is 0 Å². The van der Waals surface area contributed by atoms with Gasteiger partial charge >= 0.3 is 6.09 Å². The van der Waals surface area contributed by atoms with Crippen LogP contribution in [0.15, 0.2) is 24.3 Å². The molecule has 25 heavy (non-hydrogen) atoms. The summed E-state index contributed by atoms with van der Waals surface area (Å²) in [7, 11) is 0. The Kier molecular flexibility index (Phi) is 4.18.